The maximum Gasteiger partial charge on any atom is 0.0453 e. The first-order chi connectivity index (χ1) is 10.6. The summed E-state index contributed by atoms with van der Waals surface area (Å²) in [6.45, 7) is 4.28. The van der Waals surface area contributed by atoms with Crippen molar-refractivity contribution in [2.75, 3.05) is 6.26 Å². The van der Waals surface area contributed by atoms with Gasteiger partial charge < -0.3 is 4.57 Å². The topological polar surface area (TPSA) is 4.93 Å². The van der Waals surface area contributed by atoms with Crippen LogP contribution in [0, 0.1) is 13.8 Å². The molecule has 0 saturated carbocycles. The van der Waals surface area contributed by atoms with E-state index in [2.05, 4.69) is 67.3 Å². The van der Waals surface area contributed by atoms with Gasteiger partial charge in [-0.15, -0.1) is 11.8 Å². The van der Waals surface area contributed by atoms with E-state index in [1.54, 1.807) is 11.8 Å². The summed E-state index contributed by atoms with van der Waals surface area (Å²) in [6, 6.07) is 16.7. The zero-order valence-electron chi connectivity index (χ0n) is 12.9. The molecule has 0 N–H and O–H groups in total. The predicted molar refractivity (Wildman–Crippen MR) is 97.5 cm³/mol. The van der Waals surface area contributed by atoms with Gasteiger partial charge in [0.1, 0.15) is 0 Å². The second-order valence-electron chi connectivity index (χ2n) is 5.37. The van der Waals surface area contributed by atoms with Gasteiger partial charge in [0.15, 0.2) is 0 Å². The van der Waals surface area contributed by atoms with Gasteiger partial charge in [0.05, 0.1) is 0 Å². The van der Waals surface area contributed by atoms with Crippen LogP contribution in [0.4, 0.5) is 0 Å². The standard InChI is InChI=1S/C19H18ClNS/c1-13-4-10-17(11-5-13)21-12-18(19(22-3)14(21)2)15-6-8-16(20)9-7-15/h4-12H,1-3H3. The van der Waals surface area contributed by atoms with Gasteiger partial charge in [-0.25, -0.2) is 0 Å². The summed E-state index contributed by atoms with van der Waals surface area (Å²) >= 11 is 7.80. The lowest BCUT2D eigenvalue weighted by Gasteiger charge is -2.07. The molecular weight excluding hydrogens is 310 g/mol. The molecule has 3 rings (SSSR count). The first-order valence-corrected chi connectivity index (χ1v) is 8.79. The van der Waals surface area contributed by atoms with Crippen molar-refractivity contribution in [2.24, 2.45) is 0 Å². The number of aromatic nitrogens is 1. The van der Waals surface area contributed by atoms with Crippen molar-refractivity contribution in [2.45, 2.75) is 18.7 Å². The van der Waals surface area contributed by atoms with Crippen molar-refractivity contribution >= 4 is 23.4 Å². The second-order valence-corrected chi connectivity index (χ2v) is 6.63. The molecule has 1 nitrogen and oxygen atoms in total. The molecular formula is C19H18ClNS. The van der Waals surface area contributed by atoms with Crippen LogP contribution >= 0.6 is 23.4 Å². The quantitative estimate of drug-likeness (QED) is 0.523. The highest BCUT2D eigenvalue weighted by Gasteiger charge is 2.14. The van der Waals surface area contributed by atoms with E-state index in [-0.39, 0.29) is 0 Å². The van der Waals surface area contributed by atoms with Crippen molar-refractivity contribution in [3.05, 3.63) is 71.0 Å². The van der Waals surface area contributed by atoms with Gasteiger partial charge in [0.25, 0.3) is 0 Å². The molecule has 0 saturated heterocycles. The summed E-state index contributed by atoms with van der Waals surface area (Å²) in [5.41, 5.74) is 6.18. The summed E-state index contributed by atoms with van der Waals surface area (Å²) in [4.78, 5) is 1.31. The Bertz CT molecular complexity index is 786. The molecule has 0 amide bonds. The van der Waals surface area contributed by atoms with E-state index in [9.17, 15) is 0 Å². The van der Waals surface area contributed by atoms with E-state index >= 15 is 0 Å². The molecule has 1 heterocycles. The summed E-state index contributed by atoms with van der Waals surface area (Å²) in [5.74, 6) is 0. The maximum absolute atomic E-state index is 6.01. The Balaban J connectivity index is 2.14. The van der Waals surface area contributed by atoms with Gasteiger partial charge in [-0.05, 0) is 49.9 Å². The van der Waals surface area contributed by atoms with Gasteiger partial charge in [0.2, 0.25) is 0 Å². The summed E-state index contributed by atoms with van der Waals surface area (Å²) in [6.07, 6.45) is 4.34. The number of halogens is 1. The van der Waals surface area contributed by atoms with Crippen molar-refractivity contribution in [1.82, 2.24) is 4.57 Å². The molecule has 0 atom stereocenters. The molecule has 0 unspecified atom stereocenters. The molecule has 0 aliphatic heterocycles. The van der Waals surface area contributed by atoms with Crippen molar-refractivity contribution < 1.29 is 0 Å². The third-order valence-electron chi connectivity index (χ3n) is 3.86. The third kappa shape index (κ3) is 2.81. The van der Waals surface area contributed by atoms with Gasteiger partial charge in [-0.2, -0.15) is 0 Å². The number of hydrogen-bond acceptors (Lipinski definition) is 1. The van der Waals surface area contributed by atoms with E-state index in [4.69, 9.17) is 11.6 Å². The monoisotopic (exact) mass is 327 g/mol. The molecule has 0 spiro atoms. The van der Waals surface area contributed by atoms with E-state index in [0.717, 1.165) is 5.02 Å². The Labute approximate surface area is 140 Å². The van der Waals surface area contributed by atoms with Gasteiger partial charge in [0, 0.05) is 33.1 Å². The van der Waals surface area contributed by atoms with E-state index < -0.39 is 0 Å². The van der Waals surface area contributed by atoms with E-state index in [1.807, 2.05) is 12.1 Å². The zero-order chi connectivity index (χ0) is 15.7. The molecule has 2 aromatic carbocycles. The predicted octanol–water partition coefficient (Wildman–Crippen LogP) is 6.14. The van der Waals surface area contributed by atoms with Crippen molar-refractivity contribution in [3.8, 4) is 16.8 Å². The highest BCUT2D eigenvalue weighted by molar-refractivity contribution is 7.98. The number of aryl methyl sites for hydroxylation is 1. The molecule has 0 aliphatic carbocycles. The van der Waals surface area contributed by atoms with Crippen molar-refractivity contribution in [3.63, 3.8) is 0 Å². The molecule has 112 valence electrons. The minimum atomic E-state index is 0.768. The molecule has 3 heteroatoms. The zero-order valence-corrected chi connectivity index (χ0v) is 14.5. The molecule has 22 heavy (non-hydrogen) atoms. The van der Waals surface area contributed by atoms with Crippen LogP contribution in [-0.2, 0) is 0 Å². The van der Waals surface area contributed by atoms with Crippen LogP contribution in [0.3, 0.4) is 0 Å². The van der Waals surface area contributed by atoms with Crippen LogP contribution in [0.2, 0.25) is 5.02 Å². The van der Waals surface area contributed by atoms with E-state index in [0.29, 0.717) is 0 Å². The van der Waals surface area contributed by atoms with E-state index in [1.165, 1.54) is 33.0 Å². The van der Waals surface area contributed by atoms with Crippen LogP contribution in [0.25, 0.3) is 16.8 Å². The normalized spacial score (nSPS) is 10.9. The van der Waals surface area contributed by atoms with Crippen LogP contribution in [-0.4, -0.2) is 10.8 Å². The van der Waals surface area contributed by atoms with Crippen LogP contribution in [0.15, 0.2) is 59.6 Å². The molecule has 0 bridgehead atoms. The smallest absolute Gasteiger partial charge is 0.0453 e. The SMILES string of the molecule is CSc1c(-c2ccc(Cl)cc2)cn(-c2ccc(C)cc2)c1C. The number of hydrogen-bond donors (Lipinski definition) is 0. The van der Waals surface area contributed by atoms with Gasteiger partial charge >= 0.3 is 0 Å². The number of rotatable bonds is 3. The molecule has 0 radical (unpaired) electrons. The lowest BCUT2D eigenvalue weighted by atomic mass is 10.1. The Morgan fingerprint density at radius 3 is 2.14 bits per heavy atom. The number of benzene rings is 2. The largest absolute Gasteiger partial charge is 0.319 e. The Kier molecular flexibility index (Phi) is 4.32. The highest BCUT2D eigenvalue weighted by atomic mass is 35.5. The Morgan fingerprint density at radius 2 is 1.55 bits per heavy atom. The second kappa shape index (κ2) is 6.23. The van der Waals surface area contributed by atoms with Crippen LogP contribution < -0.4 is 0 Å². The van der Waals surface area contributed by atoms with Gasteiger partial charge in [-0.3, -0.25) is 0 Å². The molecule has 1 aromatic heterocycles. The fourth-order valence-electron chi connectivity index (χ4n) is 2.66. The number of nitrogens with zero attached hydrogens (tertiary/aromatic N) is 1. The highest BCUT2D eigenvalue weighted by Crippen LogP contribution is 2.36. The summed E-state index contributed by atoms with van der Waals surface area (Å²) in [7, 11) is 0. The summed E-state index contributed by atoms with van der Waals surface area (Å²) in [5, 5.41) is 0.768. The fraction of sp³-hybridized carbons (Fsp3) is 0.158. The first-order valence-electron chi connectivity index (χ1n) is 7.19. The Hall–Kier alpha value is -1.64. The fourth-order valence-corrected chi connectivity index (χ4v) is 3.57. The molecule has 3 aromatic rings. The first kappa shape index (κ1) is 15.3. The molecule has 0 aliphatic rings. The average Bonchev–Trinajstić information content (AvgIpc) is 2.85. The minimum absolute atomic E-state index is 0.768. The summed E-state index contributed by atoms with van der Waals surface area (Å²) < 4.78 is 2.26. The van der Waals surface area contributed by atoms with Crippen LogP contribution in [0.1, 0.15) is 11.3 Å². The third-order valence-corrected chi connectivity index (χ3v) is 5.04. The number of thioether (sulfide) groups is 1. The van der Waals surface area contributed by atoms with Crippen molar-refractivity contribution in [1.29, 1.82) is 0 Å². The lowest BCUT2D eigenvalue weighted by molar-refractivity contribution is 0.994. The maximum atomic E-state index is 6.01. The lowest BCUT2D eigenvalue weighted by Crippen LogP contribution is -1.94. The molecule has 0 fully saturated rings. The average molecular weight is 328 g/mol. The minimum Gasteiger partial charge on any atom is -0.319 e. The van der Waals surface area contributed by atoms with Crippen LogP contribution in [0.5, 0.6) is 0 Å². The van der Waals surface area contributed by atoms with Gasteiger partial charge in [-0.1, -0.05) is 41.4 Å². The Morgan fingerprint density at radius 1 is 0.909 bits per heavy atom.